The zero-order valence-electron chi connectivity index (χ0n) is 17.0. The maximum absolute atomic E-state index is 13.4. The molecular formula is C22H25N5O3. The molecule has 0 aliphatic carbocycles. The fourth-order valence-corrected chi connectivity index (χ4v) is 3.75. The number of benzene rings is 1. The second-order valence-electron chi connectivity index (χ2n) is 7.53. The molecule has 0 saturated carbocycles. The first-order chi connectivity index (χ1) is 14.5. The highest BCUT2D eigenvalue weighted by atomic mass is 16.5. The molecule has 8 heteroatoms. The van der Waals surface area contributed by atoms with Crippen LogP contribution in [0.25, 0.3) is 5.69 Å². The van der Waals surface area contributed by atoms with Gasteiger partial charge in [-0.05, 0) is 51.0 Å². The fourth-order valence-electron chi connectivity index (χ4n) is 3.75. The van der Waals surface area contributed by atoms with E-state index in [1.807, 2.05) is 30.0 Å². The summed E-state index contributed by atoms with van der Waals surface area (Å²) < 4.78 is 6.12. The fraction of sp³-hybridized carbons (Fsp3) is 0.364. The maximum atomic E-state index is 13.4. The molecule has 3 atom stereocenters. The zero-order chi connectivity index (χ0) is 21.1. The number of carbonyl (C=O) groups excluding carboxylic acids is 1. The topological polar surface area (TPSA) is 93.4 Å². The van der Waals surface area contributed by atoms with Gasteiger partial charge in [-0.2, -0.15) is 15.0 Å². The van der Waals surface area contributed by atoms with Crippen LogP contribution in [0.15, 0.2) is 55.0 Å². The molecule has 8 nitrogen and oxygen atoms in total. The van der Waals surface area contributed by atoms with Crippen LogP contribution in [-0.2, 0) is 0 Å². The third-order valence-corrected chi connectivity index (χ3v) is 5.40. The Kier molecular flexibility index (Phi) is 5.76. The molecule has 3 aromatic rings. The summed E-state index contributed by atoms with van der Waals surface area (Å²) in [5.74, 6) is 0.334. The number of amides is 1. The largest absolute Gasteiger partial charge is 0.472 e. The molecule has 4 rings (SSSR count). The number of piperidine rings is 1. The number of pyridine rings is 1. The third kappa shape index (κ3) is 4.04. The number of aliphatic hydroxyl groups excluding tert-OH is 1. The molecule has 0 radical (unpaired) electrons. The van der Waals surface area contributed by atoms with Gasteiger partial charge in [0.1, 0.15) is 6.10 Å². The Balaban J connectivity index is 1.56. The molecular weight excluding hydrogens is 382 g/mol. The van der Waals surface area contributed by atoms with Gasteiger partial charge < -0.3 is 14.7 Å². The van der Waals surface area contributed by atoms with Gasteiger partial charge in [0.15, 0.2) is 0 Å². The summed E-state index contributed by atoms with van der Waals surface area (Å²) in [5.41, 5.74) is 1.83. The van der Waals surface area contributed by atoms with Crippen molar-refractivity contribution < 1.29 is 14.6 Å². The molecule has 1 aliphatic rings. The highest BCUT2D eigenvalue weighted by Crippen LogP contribution is 2.28. The van der Waals surface area contributed by atoms with E-state index in [2.05, 4.69) is 15.2 Å². The van der Waals surface area contributed by atoms with Crippen LogP contribution in [0.4, 0.5) is 0 Å². The minimum absolute atomic E-state index is 0.0796. The average Bonchev–Trinajstić information content (AvgIpc) is 3.30. The molecule has 2 aromatic heterocycles. The number of hydrogen-bond donors (Lipinski definition) is 1. The molecule has 1 aromatic carbocycles. The molecule has 156 valence electrons. The summed E-state index contributed by atoms with van der Waals surface area (Å²) >= 11 is 0. The molecule has 0 unspecified atom stereocenters. The lowest BCUT2D eigenvalue weighted by Crippen LogP contribution is -2.49. The zero-order valence-corrected chi connectivity index (χ0v) is 17.0. The summed E-state index contributed by atoms with van der Waals surface area (Å²) in [6, 6.07) is 11.0. The van der Waals surface area contributed by atoms with E-state index >= 15 is 0 Å². The maximum Gasteiger partial charge on any atom is 0.256 e. The van der Waals surface area contributed by atoms with Gasteiger partial charge in [0.2, 0.25) is 5.88 Å². The van der Waals surface area contributed by atoms with Gasteiger partial charge in [0.05, 0.1) is 36.3 Å². The molecule has 1 aliphatic heterocycles. The third-order valence-electron chi connectivity index (χ3n) is 5.40. The normalized spacial score (nSPS) is 20.0. The molecule has 0 bridgehead atoms. The molecule has 30 heavy (non-hydrogen) atoms. The molecule has 1 saturated heterocycles. The Morgan fingerprint density at radius 3 is 2.67 bits per heavy atom. The van der Waals surface area contributed by atoms with Crippen molar-refractivity contribution in [1.82, 2.24) is 24.9 Å². The number of aliphatic hydroxyl groups is 1. The van der Waals surface area contributed by atoms with Crippen molar-refractivity contribution in [1.29, 1.82) is 0 Å². The minimum atomic E-state index is -0.678. The first-order valence-corrected chi connectivity index (χ1v) is 10.1. The van der Waals surface area contributed by atoms with Gasteiger partial charge in [0, 0.05) is 17.8 Å². The number of nitrogens with zero attached hydrogens (tertiary/aromatic N) is 5. The van der Waals surface area contributed by atoms with Crippen molar-refractivity contribution in [2.24, 2.45) is 0 Å². The van der Waals surface area contributed by atoms with E-state index in [-0.39, 0.29) is 18.1 Å². The van der Waals surface area contributed by atoms with Crippen molar-refractivity contribution in [2.75, 3.05) is 6.54 Å². The van der Waals surface area contributed by atoms with E-state index in [0.29, 0.717) is 29.2 Å². The molecule has 0 spiro atoms. The van der Waals surface area contributed by atoms with Crippen molar-refractivity contribution in [3.05, 3.63) is 66.1 Å². The predicted octanol–water partition coefficient (Wildman–Crippen LogP) is 2.79. The quantitative estimate of drug-likeness (QED) is 0.699. The lowest BCUT2D eigenvalue weighted by molar-refractivity contribution is 0.0362. The Hall–Kier alpha value is -3.26. The summed E-state index contributed by atoms with van der Waals surface area (Å²) in [7, 11) is 0. The lowest BCUT2D eigenvalue weighted by Gasteiger charge is -2.38. The van der Waals surface area contributed by atoms with E-state index in [4.69, 9.17) is 4.74 Å². The van der Waals surface area contributed by atoms with Crippen LogP contribution < -0.4 is 4.74 Å². The van der Waals surface area contributed by atoms with Crippen LogP contribution in [0, 0.1) is 0 Å². The van der Waals surface area contributed by atoms with Crippen LogP contribution in [0.5, 0.6) is 5.88 Å². The number of hydrogen-bond acceptors (Lipinski definition) is 6. The van der Waals surface area contributed by atoms with Crippen LogP contribution in [0.3, 0.4) is 0 Å². The van der Waals surface area contributed by atoms with Crippen molar-refractivity contribution in [3.63, 3.8) is 0 Å². The molecule has 1 N–H and O–H groups in total. The van der Waals surface area contributed by atoms with Gasteiger partial charge >= 0.3 is 0 Å². The highest BCUT2D eigenvalue weighted by Gasteiger charge is 2.32. The van der Waals surface area contributed by atoms with Gasteiger partial charge in [-0.3, -0.25) is 4.79 Å². The SMILES string of the molecule is C[C@H](O)c1cccnc1O[C@@H]1CC[C@@H](C)N(C(=O)c2ccccc2-n2nccn2)C1. The second kappa shape index (κ2) is 8.62. The average molecular weight is 407 g/mol. The first-order valence-electron chi connectivity index (χ1n) is 10.1. The van der Waals surface area contributed by atoms with E-state index in [1.54, 1.807) is 43.7 Å². The van der Waals surface area contributed by atoms with Gasteiger partial charge in [-0.25, -0.2) is 4.98 Å². The number of para-hydroxylation sites is 1. The minimum Gasteiger partial charge on any atom is -0.472 e. The number of rotatable bonds is 5. The Morgan fingerprint density at radius 2 is 1.90 bits per heavy atom. The van der Waals surface area contributed by atoms with E-state index in [9.17, 15) is 9.90 Å². The standard InChI is InChI=1S/C22H25N5O3/c1-15-9-10-17(30-21-18(16(2)28)7-5-11-23-21)14-26(15)22(29)19-6-3-4-8-20(19)27-24-12-13-25-27/h3-8,11-13,15-17,28H,9-10,14H2,1-2H3/t15-,16+,17-/m1/s1. The van der Waals surface area contributed by atoms with Crippen molar-refractivity contribution in [2.45, 2.75) is 44.9 Å². The van der Waals surface area contributed by atoms with Crippen LogP contribution >= 0.6 is 0 Å². The van der Waals surface area contributed by atoms with Gasteiger partial charge in [0.25, 0.3) is 5.91 Å². The van der Waals surface area contributed by atoms with Crippen molar-refractivity contribution in [3.8, 4) is 11.6 Å². The second-order valence-corrected chi connectivity index (χ2v) is 7.53. The summed E-state index contributed by atoms with van der Waals surface area (Å²) in [6.07, 6.45) is 5.55. The Bertz CT molecular complexity index is 1010. The van der Waals surface area contributed by atoms with Crippen LogP contribution in [0.1, 0.15) is 48.7 Å². The lowest BCUT2D eigenvalue weighted by atomic mass is 9.99. The predicted molar refractivity (Wildman–Crippen MR) is 110 cm³/mol. The number of ether oxygens (including phenoxy) is 1. The van der Waals surface area contributed by atoms with Gasteiger partial charge in [-0.15, -0.1) is 0 Å². The molecule has 1 amide bonds. The number of likely N-dealkylation sites (tertiary alicyclic amines) is 1. The van der Waals surface area contributed by atoms with Crippen molar-refractivity contribution >= 4 is 5.91 Å². The molecule has 1 fully saturated rings. The first kappa shape index (κ1) is 20.0. The smallest absolute Gasteiger partial charge is 0.256 e. The summed E-state index contributed by atoms with van der Waals surface area (Å²) in [6.45, 7) is 4.17. The summed E-state index contributed by atoms with van der Waals surface area (Å²) in [5, 5.41) is 18.3. The van der Waals surface area contributed by atoms with Crippen LogP contribution in [0.2, 0.25) is 0 Å². The van der Waals surface area contributed by atoms with E-state index in [0.717, 1.165) is 12.8 Å². The number of carbonyl (C=O) groups is 1. The van der Waals surface area contributed by atoms with E-state index < -0.39 is 6.10 Å². The summed E-state index contributed by atoms with van der Waals surface area (Å²) in [4.78, 5) is 21.0. The van der Waals surface area contributed by atoms with Crippen LogP contribution in [-0.4, -0.2) is 54.6 Å². The Morgan fingerprint density at radius 1 is 1.13 bits per heavy atom. The monoisotopic (exact) mass is 407 g/mol. The number of aromatic nitrogens is 4. The Labute approximate surface area is 175 Å². The molecule has 3 heterocycles. The van der Waals surface area contributed by atoms with Gasteiger partial charge in [-0.1, -0.05) is 12.1 Å². The van der Waals surface area contributed by atoms with E-state index in [1.165, 1.54) is 4.80 Å². The highest BCUT2D eigenvalue weighted by molar-refractivity contribution is 5.98.